The van der Waals surface area contributed by atoms with Gasteiger partial charge in [-0.1, -0.05) is 11.8 Å². The first-order valence-electron chi connectivity index (χ1n) is 9.48. The number of amidine groups is 1. The van der Waals surface area contributed by atoms with E-state index in [9.17, 15) is 18.7 Å². The normalized spacial score (nSPS) is 26.4. The van der Waals surface area contributed by atoms with Gasteiger partial charge in [-0.3, -0.25) is 4.79 Å². The number of hydrogen-bond acceptors (Lipinski definition) is 7. The van der Waals surface area contributed by atoms with E-state index >= 15 is 0 Å². The van der Waals surface area contributed by atoms with Crippen LogP contribution in [0.2, 0.25) is 0 Å². The van der Waals surface area contributed by atoms with Crippen molar-refractivity contribution in [1.29, 1.82) is 5.26 Å². The summed E-state index contributed by atoms with van der Waals surface area (Å²) in [6.45, 7) is 0.433. The maximum Gasteiger partial charge on any atom is 0.274 e. The van der Waals surface area contributed by atoms with Crippen molar-refractivity contribution < 1.29 is 18.7 Å². The molecular weight excluding hydrogens is 424 g/mol. The lowest BCUT2D eigenvalue weighted by molar-refractivity contribution is 0.102. The summed E-state index contributed by atoms with van der Waals surface area (Å²) in [6.07, 6.45) is 1.74. The number of nitrogens with one attached hydrogen (secondary N) is 1. The predicted octanol–water partition coefficient (Wildman–Crippen LogP) is 2.63. The molecule has 2 aliphatic rings. The van der Waals surface area contributed by atoms with Gasteiger partial charge in [-0.25, -0.2) is 18.8 Å². The van der Waals surface area contributed by atoms with Gasteiger partial charge in [-0.05, 0) is 43.2 Å². The fourth-order valence-corrected chi connectivity index (χ4v) is 5.43. The van der Waals surface area contributed by atoms with Crippen LogP contribution < -0.4 is 11.1 Å². The van der Waals surface area contributed by atoms with Crippen LogP contribution in [0.15, 0.2) is 35.5 Å². The van der Waals surface area contributed by atoms with Crippen LogP contribution in [0.25, 0.3) is 0 Å². The molecule has 0 spiro atoms. The van der Waals surface area contributed by atoms with Crippen LogP contribution in [-0.2, 0) is 5.54 Å². The minimum absolute atomic E-state index is 0.0270. The highest BCUT2D eigenvalue weighted by Crippen LogP contribution is 2.65. The molecular formula is C21H19F2N5O2S. The Hall–Kier alpha value is -3.03. The van der Waals surface area contributed by atoms with Gasteiger partial charge in [0.25, 0.3) is 5.91 Å². The van der Waals surface area contributed by atoms with Gasteiger partial charge in [0.1, 0.15) is 29.8 Å². The number of benzene rings is 1. The first-order chi connectivity index (χ1) is 14.8. The maximum absolute atomic E-state index is 14.8. The number of rotatable bonds is 5. The Morgan fingerprint density at radius 1 is 1.48 bits per heavy atom. The first-order valence-corrected chi connectivity index (χ1v) is 10.3. The zero-order chi connectivity index (χ0) is 22.4. The number of nitrogens with two attached hydrogens (primary N) is 1. The van der Waals surface area contributed by atoms with Gasteiger partial charge in [0, 0.05) is 23.4 Å². The Bertz CT molecular complexity index is 1150. The van der Waals surface area contributed by atoms with Gasteiger partial charge >= 0.3 is 0 Å². The van der Waals surface area contributed by atoms with Crippen molar-refractivity contribution >= 4 is 28.5 Å². The van der Waals surface area contributed by atoms with Crippen molar-refractivity contribution in [2.45, 2.75) is 23.6 Å². The Kier molecular flexibility index (Phi) is 5.19. The van der Waals surface area contributed by atoms with E-state index in [0.717, 1.165) is 6.07 Å². The minimum Gasteiger partial charge on any atom is -0.395 e. The highest BCUT2D eigenvalue weighted by molar-refractivity contribution is 8.15. The number of anilines is 1. The van der Waals surface area contributed by atoms with E-state index in [1.807, 2.05) is 6.07 Å². The molecule has 1 aromatic heterocycles. The predicted molar refractivity (Wildman–Crippen MR) is 113 cm³/mol. The van der Waals surface area contributed by atoms with Crippen LogP contribution in [-0.4, -0.2) is 39.2 Å². The number of hydrogen-bond donors (Lipinski definition) is 3. The third kappa shape index (κ3) is 3.43. The fraction of sp³-hybridized carbons (Fsp3) is 0.333. The molecule has 0 unspecified atom stereocenters. The molecule has 3 atom stereocenters. The third-order valence-electron chi connectivity index (χ3n) is 5.80. The molecule has 2 aromatic rings. The van der Waals surface area contributed by atoms with Crippen molar-refractivity contribution in [1.82, 2.24) is 4.98 Å². The van der Waals surface area contributed by atoms with Crippen LogP contribution in [0.5, 0.6) is 0 Å². The van der Waals surface area contributed by atoms with Gasteiger partial charge in [-0.15, -0.1) is 0 Å². The summed E-state index contributed by atoms with van der Waals surface area (Å²) in [4.78, 5) is 21.0. The quantitative estimate of drug-likeness (QED) is 0.653. The van der Waals surface area contributed by atoms with Gasteiger partial charge < -0.3 is 16.2 Å². The van der Waals surface area contributed by atoms with Crippen molar-refractivity contribution in [3.05, 3.63) is 58.7 Å². The zero-order valence-electron chi connectivity index (χ0n) is 16.5. The standard InChI is InChI=1S/C21H19F2N5O2S/c1-11-4-12(7-24)8-26-17(11)18(30)27-13-2-3-15(23)14(5-13)21(9-22)16-6-20(16,10-29)31-19(25)28-21/h2-5,8,16,29H,6,9-10H2,1H3,(H2,25,28)(H,27,30)/t16-,20-,21-/m1/s1. The summed E-state index contributed by atoms with van der Waals surface area (Å²) in [6, 6.07) is 7.33. The van der Waals surface area contributed by atoms with Gasteiger partial charge in [-0.2, -0.15) is 5.26 Å². The first kappa shape index (κ1) is 21.2. The summed E-state index contributed by atoms with van der Waals surface area (Å²) >= 11 is 1.19. The second kappa shape index (κ2) is 7.59. The summed E-state index contributed by atoms with van der Waals surface area (Å²) in [5.41, 5.74) is 5.49. The monoisotopic (exact) mass is 443 g/mol. The highest BCUT2D eigenvalue weighted by atomic mass is 32.2. The SMILES string of the molecule is Cc1cc(C#N)cnc1C(=O)Nc1ccc(F)c([C@@]2(CF)N=C(N)S[C@@]3(CO)C[C@H]32)c1. The molecule has 0 radical (unpaired) electrons. The van der Waals surface area contributed by atoms with E-state index in [0.29, 0.717) is 17.5 Å². The molecule has 1 fully saturated rings. The number of alkyl halides is 1. The number of nitrogens with zero attached hydrogens (tertiary/aromatic N) is 3. The van der Waals surface area contributed by atoms with Crippen LogP contribution in [0.3, 0.4) is 0 Å². The van der Waals surface area contributed by atoms with Crippen LogP contribution in [0, 0.1) is 30.0 Å². The van der Waals surface area contributed by atoms with Gasteiger partial charge in [0.2, 0.25) is 0 Å². The Balaban J connectivity index is 1.69. The molecule has 4 N–H and O–H groups in total. The summed E-state index contributed by atoms with van der Waals surface area (Å²) in [5.74, 6) is -1.65. The van der Waals surface area contributed by atoms with Gasteiger partial charge in [0.05, 0.1) is 16.9 Å². The Morgan fingerprint density at radius 2 is 2.26 bits per heavy atom. The smallest absolute Gasteiger partial charge is 0.274 e. The number of aliphatic imine (C=N–C) groups is 1. The number of fused-ring (bicyclic) bond motifs is 1. The summed E-state index contributed by atoms with van der Waals surface area (Å²) in [5, 5.41) is 21.5. The number of nitriles is 1. The van der Waals surface area contributed by atoms with Crippen LogP contribution in [0.1, 0.15) is 33.6 Å². The maximum atomic E-state index is 14.8. The third-order valence-corrected chi connectivity index (χ3v) is 7.09. The molecule has 1 aliphatic carbocycles. The zero-order valence-corrected chi connectivity index (χ0v) is 17.3. The average molecular weight is 443 g/mol. The molecule has 31 heavy (non-hydrogen) atoms. The molecule has 1 saturated carbocycles. The molecule has 160 valence electrons. The highest BCUT2D eigenvalue weighted by Gasteiger charge is 2.68. The molecule has 1 amide bonds. The van der Waals surface area contributed by atoms with E-state index in [1.165, 1.54) is 36.2 Å². The number of aliphatic hydroxyl groups is 1. The second-order valence-electron chi connectivity index (χ2n) is 7.74. The molecule has 1 aliphatic heterocycles. The Labute approximate surface area is 181 Å². The molecule has 0 saturated heterocycles. The number of amides is 1. The van der Waals surface area contributed by atoms with Crippen molar-refractivity contribution in [2.24, 2.45) is 16.6 Å². The van der Waals surface area contributed by atoms with Crippen molar-refractivity contribution in [2.75, 3.05) is 18.6 Å². The lowest BCUT2D eigenvalue weighted by Crippen LogP contribution is -2.41. The summed E-state index contributed by atoms with van der Waals surface area (Å²) < 4.78 is 28.6. The second-order valence-corrected chi connectivity index (χ2v) is 9.18. The molecule has 4 rings (SSSR count). The molecule has 0 bridgehead atoms. The fourth-order valence-electron chi connectivity index (χ4n) is 4.16. The average Bonchev–Trinajstić information content (AvgIpc) is 3.49. The minimum atomic E-state index is -1.56. The number of carbonyl (C=O) groups is 1. The number of thioether (sulfide) groups is 1. The number of aryl methyl sites for hydroxylation is 1. The van der Waals surface area contributed by atoms with E-state index in [1.54, 1.807) is 6.92 Å². The van der Waals surface area contributed by atoms with Crippen LogP contribution >= 0.6 is 11.8 Å². The molecule has 1 aromatic carbocycles. The lowest BCUT2D eigenvalue weighted by Gasteiger charge is -2.34. The largest absolute Gasteiger partial charge is 0.395 e. The lowest BCUT2D eigenvalue weighted by atomic mass is 9.84. The van der Waals surface area contributed by atoms with E-state index in [-0.39, 0.29) is 28.7 Å². The number of aromatic nitrogens is 1. The summed E-state index contributed by atoms with van der Waals surface area (Å²) in [7, 11) is 0. The van der Waals surface area contributed by atoms with E-state index in [2.05, 4.69) is 15.3 Å². The number of aliphatic hydroxyl groups excluding tert-OH is 1. The van der Waals surface area contributed by atoms with Gasteiger partial charge in [0.15, 0.2) is 5.17 Å². The molecule has 2 heterocycles. The van der Waals surface area contributed by atoms with Crippen LogP contribution in [0.4, 0.5) is 14.5 Å². The molecule has 10 heteroatoms. The van der Waals surface area contributed by atoms with E-state index in [4.69, 9.17) is 11.0 Å². The number of pyridine rings is 1. The van der Waals surface area contributed by atoms with E-state index < -0.39 is 34.6 Å². The van der Waals surface area contributed by atoms with Crippen molar-refractivity contribution in [3.8, 4) is 6.07 Å². The number of halogens is 2. The number of carbonyl (C=O) groups excluding carboxylic acids is 1. The van der Waals surface area contributed by atoms with Crippen molar-refractivity contribution in [3.63, 3.8) is 0 Å². The Morgan fingerprint density at radius 3 is 2.90 bits per heavy atom. The topological polar surface area (TPSA) is 124 Å². The molecule has 7 nitrogen and oxygen atoms in total.